The number of rotatable bonds is 10. The van der Waals surface area contributed by atoms with Crippen molar-refractivity contribution >= 4 is 17.4 Å². The van der Waals surface area contributed by atoms with Crippen molar-refractivity contribution in [2.24, 2.45) is 0 Å². The highest BCUT2D eigenvalue weighted by atomic mass is 32.2. The van der Waals surface area contributed by atoms with Crippen LogP contribution in [0.1, 0.15) is 36.7 Å². The molecule has 0 aliphatic rings. The standard InChI is InChI=1S/C21H25N5O4S/c1-14(2)16-9-8-15(3)12-19(16)30-13-20-23-24-21(25(20)22)31-11-10-29-18-7-5-4-6-17(18)26(27)28/h4-9,12,14H,10-11,13,22H2,1-3H3. The Morgan fingerprint density at radius 1 is 1.16 bits per heavy atom. The van der Waals surface area contributed by atoms with Crippen molar-refractivity contribution in [2.75, 3.05) is 18.2 Å². The van der Waals surface area contributed by atoms with E-state index in [-0.39, 0.29) is 24.7 Å². The highest BCUT2D eigenvalue weighted by molar-refractivity contribution is 7.99. The number of aromatic nitrogens is 3. The highest BCUT2D eigenvalue weighted by Crippen LogP contribution is 2.28. The van der Waals surface area contributed by atoms with Crippen molar-refractivity contribution in [2.45, 2.75) is 38.5 Å². The molecule has 2 aromatic carbocycles. The van der Waals surface area contributed by atoms with Crippen LogP contribution in [0.2, 0.25) is 0 Å². The van der Waals surface area contributed by atoms with E-state index in [0.717, 1.165) is 16.9 Å². The topological polar surface area (TPSA) is 118 Å². The maximum absolute atomic E-state index is 11.0. The van der Waals surface area contributed by atoms with Gasteiger partial charge in [-0.3, -0.25) is 10.1 Å². The van der Waals surface area contributed by atoms with Gasteiger partial charge in [0.1, 0.15) is 12.4 Å². The summed E-state index contributed by atoms with van der Waals surface area (Å²) in [5.41, 5.74) is 2.17. The number of nitrogens with two attached hydrogens (primary N) is 1. The zero-order valence-corrected chi connectivity index (χ0v) is 18.5. The summed E-state index contributed by atoms with van der Waals surface area (Å²) in [7, 11) is 0. The lowest BCUT2D eigenvalue weighted by atomic mass is 10.0. The molecule has 0 spiro atoms. The molecule has 0 unspecified atom stereocenters. The number of nitro groups is 1. The molecule has 0 radical (unpaired) electrons. The van der Waals surface area contributed by atoms with Gasteiger partial charge in [0.2, 0.25) is 5.16 Å². The molecule has 9 nitrogen and oxygen atoms in total. The predicted octanol–water partition coefficient (Wildman–Crippen LogP) is 4.08. The van der Waals surface area contributed by atoms with Gasteiger partial charge in [0.05, 0.1) is 11.5 Å². The smallest absolute Gasteiger partial charge is 0.310 e. The molecule has 10 heteroatoms. The Bertz CT molecular complexity index is 1050. The molecular weight excluding hydrogens is 418 g/mol. The zero-order chi connectivity index (χ0) is 22.4. The Hall–Kier alpha value is -3.27. The predicted molar refractivity (Wildman–Crippen MR) is 119 cm³/mol. The number of aryl methyl sites for hydroxylation is 1. The minimum absolute atomic E-state index is 0.0640. The van der Waals surface area contributed by atoms with E-state index < -0.39 is 4.92 Å². The van der Waals surface area contributed by atoms with Gasteiger partial charge >= 0.3 is 5.69 Å². The van der Waals surface area contributed by atoms with Crippen molar-refractivity contribution in [3.63, 3.8) is 0 Å². The van der Waals surface area contributed by atoms with Gasteiger partial charge in [-0.1, -0.05) is 49.9 Å². The summed E-state index contributed by atoms with van der Waals surface area (Å²) >= 11 is 1.35. The van der Waals surface area contributed by atoms with E-state index in [9.17, 15) is 10.1 Å². The first-order valence-electron chi connectivity index (χ1n) is 9.78. The molecule has 31 heavy (non-hydrogen) atoms. The molecule has 0 aliphatic carbocycles. The van der Waals surface area contributed by atoms with Crippen LogP contribution >= 0.6 is 11.8 Å². The molecule has 0 atom stereocenters. The summed E-state index contributed by atoms with van der Waals surface area (Å²) in [4.78, 5) is 10.6. The zero-order valence-electron chi connectivity index (χ0n) is 17.6. The summed E-state index contributed by atoms with van der Waals surface area (Å²) in [6.45, 7) is 6.70. The minimum Gasteiger partial charge on any atom is -0.486 e. The monoisotopic (exact) mass is 443 g/mol. The maximum atomic E-state index is 11.0. The normalized spacial score (nSPS) is 11.0. The number of para-hydroxylation sites is 2. The van der Waals surface area contributed by atoms with Gasteiger partial charge in [0.15, 0.2) is 11.6 Å². The molecule has 3 rings (SSSR count). The maximum Gasteiger partial charge on any atom is 0.310 e. The van der Waals surface area contributed by atoms with Crippen molar-refractivity contribution < 1.29 is 14.4 Å². The van der Waals surface area contributed by atoms with E-state index in [0.29, 0.717) is 22.7 Å². The fourth-order valence-corrected chi connectivity index (χ4v) is 3.60. The molecule has 0 amide bonds. The van der Waals surface area contributed by atoms with Crippen molar-refractivity contribution in [1.82, 2.24) is 14.9 Å². The second kappa shape index (κ2) is 10.2. The average molecular weight is 444 g/mol. The van der Waals surface area contributed by atoms with Crippen molar-refractivity contribution in [1.29, 1.82) is 0 Å². The quantitative estimate of drug-likeness (QED) is 0.164. The molecule has 0 fully saturated rings. The van der Waals surface area contributed by atoms with Crippen LogP contribution in [0.3, 0.4) is 0 Å². The highest BCUT2D eigenvalue weighted by Gasteiger charge is 2.15. The van der Waals surface area contributed by atoms with E-state index in [1.54, 1.807) is 18.2 Å². The Balaban J connectivity index is 1.55. The largest absolute Gasteiger partial charge is 0.486 e. The molecule has 2 N–H and O–H groups in total. The van der Waals surface area contributed by atoms with Crippen LogP contribution in [0, 0.1) is 17.0 Å². The molecule has 0 bridgehead atoms. The fourth-order valence-electron chi connectivity index (χ4n) is 2.90. The van der Waals surface area contributed by atoms with Gasteiger partial charge < -0.3 is 15.3 Å². The van der Waals surface area contributed by atoms with Crippen molar-refractivity contribution in [3.05, 3.63) is 69.5 Å². The number of benzene rings is 2. The molecule has 1 aromatic heterocycles. The number of thioether (sulfide) groups is 1. The molecular formula is C21H25N5O4S. The van der Waals surface area contributed by atoms with Gasteiger partial charge in [0.25, 0.3) is 0 Å². The molecule has 164 valence electrons. The Morgan fingerprint density at radius 3 is 2.68 bits per heavy atom. The van der Waals surface area contributed by atoms with E-state index in [4.69, 9.17) is 15.3 Å². The van der Waals surface area contributed by atoms with Crippen LogP contribution in [0.5, 0.6) is 11.5 Å². The van der Waals surface area contributed by atoms with Crippen LogP contribution in [0.4, 0.5) is 5.69 Å². The van der Waals surface area contributed by atoms with Gasteiger partial charge in [-0.25, -0.2) is 4.68 Å². The van der Waals surface area contributed by atoms with E-state index in [1.807, 2.05) is 13.0 Å². The summed E-state index contributed by atoms with van der Waals surface area (Å²) in [5.74, 6) is 8.48. The van der Waals surface area contributed by atoms with Gasteiger partial charge in [-0.15, -0.1) is 10.2 Å². The lowest BCUT2D eigenvalue weighted by Gasteiger charge is -2.14. The molecule has 0 aliphatic heterocycles. The Labute approximate surface area is 184 Å². The molecule has 0 saturated heterocycles. The SMILES string of the molecule is Cc1ccc(C(C)C)c(OCc2nnc(SCCOc3ccccc3[N+](=O)[O-])n2N)c1. The molecule has 3 aromatic rings. The number of hydrogen-bond acceptors (Lipinski definition) is 8. The Kier molecular flexibility index (Phi) is 7.35. The number of nitrogen functional groups attached to an aromatic ring is 1. The lowest BCUT2D eigenvalue weighted by Crippen LogP contribution is -2.16. The number of nitrogens with zero attached hydrogens (tertiary/aromatic N) is 4. The van der Waals surface area contributed by atoms with E-state index >= 15 is 0 Å². The summed E-state index contributed by atoms with van der Waals surface area (Å²) in [6, 6.07) is 12.4. The minimum atomic E-state index is -0.468. The first-order valence-corrected chi connectivity index (χ1v) is 10.8. The average Bonchev–Trinajstić information content (AvgIpc) is 3.09. The second-order valence-corrected chi connectivity index (χ2v) is 8.24. The first kappa shape index (κ1) is 22.4. The van der Waals surface area contributed by atoms with Crippen LogP contribution in [-0.2, 0) is 6.61 Å². The molecule has 1 heterocycles. The Morgan fingerprint density at radius 2 is 1.94 bits per heavy atom. The van der Waals surface area contributed by atoms with Crippen molar-refractivity contribution in [3.8, 4) is 11.5 Å². The molecule has 0 saturated carbocycles. The summed E-state index contributed by atoms with van der Waals surface area (Å²) in [6.07, 6.45) is 0. The van der Waals surface area contributed by atoms with Gasteiger partial charge in [-0.2, -0.15) is 0 Å². The van der Waals surface area contributed by atoms with Gasteiger partial charge in [-0.05, 0) is 36.1 Å². The number of ether oxygens (including phenoxy) is 2. The van der Waals surface area contributed by atoms with Crippen LogP contribution in [0.15, 0.2) is 47.6 Å². The summed E-state index contributed by atoms with van der Waals surface area (Å²) in [5, 5.41) is 19.8. The van der Waals surface area contributed by atoms with Crippen LogP contribution in [0.25, 0.3) is 0 Å². The third-order valence-corrected chi connectivity index (χ3v) is 5.42. The van der Waals surface area contributed by atoms with Crippen LogP contribution < -0.4 is 15.3 Å². The van der Waals surface area contributed by atoms with E-state index in [1.165, 1.54) is 22.5 Å². The van der Waals surface area contributed by atoms with Gasteiger partial charge in [0, 0.05) is 11.8 Å². The summed E-state index contributed by atoms with van der Waals surface area (Å²) < 4.78 is 12.9. The lowest BCUT2D eigenvalue weighted by molar-refractivity contribution is -0.385. The van der Waals surface area contributed by atoms with E-state index in [2.05, 4.69) is 36.2 Å². The fraction of sp³-hybridized carbons (Fsp3) is 0.333. The van der Waals surface area contributed by atoms with Crippen LogP contribution in [-0.4, -0.2) is 32.2 Å². The second-order valence-electron chi connectivity index (χ2n) is 7.18. The first-order chi connectivity index (χ1) is 14.9. The number of nitro benzene ring substituents is 1. The third kappa shape index (κ3) is 5.66. The third-order valence-electron chi connectivity index (χ3n) is 4.52. The number of hydrogen-bond donors (Lipinski definition) is 1.